The molecule has 1 atom stereocenters. The van der Waals surface area contributed by atoms with E-state index in [4.69, 9.17) is 21.1 Å². The summed E-state index contributed by atoms with van der Waals surface area (Å²) in [6.07, 6.45) is -0.0633. The van der Waals surface area contributed by atoms with Crippen LogP contribution in [-0.2, 0) is 4.74 Å². The molecule has 7 nitrogen and oxygen atoms in total. The Morgan fingerprint density at radius 1 is 0.938 bits per heavy atom. The number of amides is 2. The van der Waals surface area contributed by atoms with Gasteiger partial charge in [0, 0.05) is 45.8 Å². The van der Waals surface area contributed by atoms with Crippen LogP contribution < -0.4 is 4.74 Å². The summed E-state index contributed by atoms with van der Waals surface area (Å²) in [4.78, 5) is 31.8. The zero-order valence-corrected chi connectivity index (χ0v) is 19.0. The van der Waals surface area contributed by atoms with E-state index < -0.39 is 0 Å². The number of morpholine rings is 1. The Balaban J connectivity index is 1.30. The molecular formula is C24H28ClN3O4. The van der Waals surface area contributed by atoms with Crippen molar-refractivity contribution in [3.63, 3.8) is 0 Å². The van der Waals surface area contributed by atoms with Crippen LogP contribution in [0.1, 0.15) is 20.7 Å². The molecule has 0 aromatic heterocycles. The van der Waals surface area contributed by atoms with Crippen LogP contribution in [0.2, 0.25) is 5.02 Å². The summed E-state index contributed by atoms with van der Waals surface area (Å²) in [5.41, 5.74) is 1.12. The largest absolute Gasteiger partial charge is 0.496 e. The lowest BCUT2D eigenvalue weighted by molar-refractivity contribution is -0.0400. The van der Waals surface area contributed by atoms with Gasteiger partial charge in [-0.05, 0) is 24.3 Å². The summed E-state index contributed by atoms with van der Waals surface area (Å²) in [6.45, 7) is 5.14. The molecule has 8 heteroatoms. The molecule has 2 saturated heterocycles. The molecule has 0 saturated carbocycles. The van der Waals surface area contributed by atoms with Gasteiger partial charge in [-0.15, -0.1) is 0 Å². The van der Waals surface area contributed by atoms with E-state index in [9.17, 15) is 9.59 Å². The molecular weight excluding hydrogens is 430 g/mol. The van der Waals surface area contributed by atoms with Gasteiger partial charge in [-0.25, -0.2) is 0 Å². The molecule has 0 radical (unpaired) electrons. The van der Waals surface area contributed by atoms with Crippen molar-refractivity contribution >= 4 is 23.4 Å². The van der Waals surface area contributed by atoms with Crippen LogP contribution in [0, 0.1) is 0 Å². The monoisotopic (exact) mass is 457 g/mol. The maximum absolute atomic E-state index is 12.9. The number of halogens is 1. The number of rotatable bonds is 5. The Morgan fingerprint density at radius 3 is 2.31 bits per heavy atom. The molecule has 2 aliphatic heterocycles. The summed E-state index contributed by atoms with van der Waals surface area (Å²) in [5, 5.41) is 0.469. The number of nitrogens with zero attached hydrogens (tertiary/aromatic N) is 3. The first-order valence-electron chi connectivity index (χ1n) is 10.9. The van der Waals surface area contributed by atoms with Crippen LogP contribution in [0.15, 0.2) is 48.5 Å². The van der Waals surface area contributed by atoms with E-state index in [-0.39, 0.29) is 17.9 Å². The molecule has 2 fully saturated rings. The fraction of sp³-hybridized carbons (Fsp3) is 0.417. The van der Waals surface area contributed by atoms with Gasteiger partial charge in [-0.3, -0.25) is 14.5 Å². The van der Waals surface area contributed by atoms with Crippen molar-refractivity contribution in [3.05, 3.63) is 64.7 Å². The topological polar surface area (TPSA) is 62.3 Å². The van der Waals surface area contributed by atoms with Crippen molar-refractivity contribution in [3.8, 4) is 5.75 Å². The number of methoxy groups -OCH3 is 1. The van der Waals surface area contributed by atoms with Gasteiger partial charge in [0.05, 0.1) is 36.0 Å². The molecule has 0 bridgehead atoms. The average Bonchev–Trinajstić information content (AvgIpc) is 2.84. The number of hydrogen-bond acceptors (Lipinski definition) is 5. The van der Waals surface area contributed by atoms with Gasteiger partial charge in [0.1, 0.15) is 5.75 Å². The predicted octanol–water partition coefficient (Wildman–Crippen LogP) is 2.65. The first-order chi connectivity index (χ1) is 15.6. The number of carbonyl (C=O) groups excluding carboxylic acids is 2. The lowest BCUT2D eigenvalue weighted by Gasteiger charge is -2.39. The number of carbonyl (C=O) groups is 2. The van der Waals surface area contributed by atoms with E-state index in [1.807, 2.05) is 34.1 Å². The van der Waals surface area contributed by atoms with Crippen molar-refractivity contribution in [1.82, 2.24) is 14.7 Å². The van der Waals surface area contributed by atoms with E-state index in [2.05, 4.69) is 4.90 Å². The summed E-state index contributed by atoms with van der Waals surface area (Å²) >= 11 is 6.21. The summed E-state index contributed by atoms with van der Waals surface area (Å²) < 4.78 is 11.3. The third kappa shape index (κ3) is 5.06. The number of ether oxygens (including phenoxy) is 2. The molecule has 2 heterocycles. The van der Waals surface area contributed by atoms with E-state index >= 15 is 0 Å². The Bertz CT molecular complexity index is 962. The molecule has 1 unspecified atom stereocenters. The normalized spacial score (nSPS) is 19.6. The maximum Gasteiger partial charge on any atom is 0.257 e. The highest BCUT2D eigenvalue weighted by molar-refractivity contribution is 6.33. The smallest absolute Gasteiger partial charge is 0.257 e. The molecule has 0 spiro atoms. The van der Waals surface area contributed by atoms with Crippen molar-refractivity contribution < 1.29 is 19.1 Å². The fourth-order valence-corrected chi connectivity index (χ4v) is 4.45. The van der Waals surface area contributed by atoms with E-state index in [1.165, 1.54) is 0 Å². The Labute approximate surface area is 193 Å². The summed E-state index contributed by atoms with van der Waals surface area (Å²) in [5.74, 6) is 0.530. The van der Waals surface area contributed by atoms with Crippen LogP contribution in [0.4, 0.5) is 0 Å². The van der Waals surface area contributed by atoms with Gasteiger partial charge < -0.3 is 19.3 Å². The van der Waals surface area contributed by atoms with Crippen molar-refractivity contribution in [2.75, 3.05) is 59.5 Å². The summed E-state index contributed by atoms with van der Waals surface area (Å²) in [7, 11) is 1.58. The van der Waals surface area contributed by atoms with Gasteiger partial charge in [0.2, 0.25) is 0 Å². The van der Waals surface area contributed by atoms with Gasteiger partial charge in [0.15, 0.2) is 0 Å². The first kappa shape index (κ1) is 22.6. The standard InChI is InChI=1S/C24H28ClN3O4/c1-31-22-9-5-3-7-20(22)24(30)27-12-10-26(11-13-27)16-18-17-28(14-15-32-18)23(29)19-6-2-4-8-21(19)25/h2-9,18H,10-17H2,1H3. The van der Waals surface area contributed by atoms with Crippen LogP contribution in [0.25, 0.3) is 0 Å². The third-order valence-electron chi connectivity index (χ3n) is 5.99. The van der Waals surface area contributed by atoms with Gasteiger partial charge in [0.25, 0.3) is 11.8 Å². The zero-order chi connectivity index (χ0) is 22.5. The molecule has 0 N–H and O–H groups in total. The molecule has 2 aliphatic rings. The SMILES string of the molecule is COc1ccccc1C(=O)N1CCN(CC2CN(C(=O)c3ccccc3Cl)CCO2)CC1. The van der Waals surface area contributed by atoms with Gasteiger partial charge >= 0.3 is 0 Å². The van der Waals surface area contributed by atoms with Crippen LogP contribution in [0.5, 0.6) is 5.75 Å². The second-order valence-electron chi connectivity index (χ2n) is 8.02. The molecule has 2 amide bonds. The minimum atomic E-state index is -0.0633. The van der Waals surface area contributed by atoms with Crippen molar-refractivity contribution in [2.24, 2.45) is 0 Å². The van der Waals surface area contributed by atoms with E-state index in [1.54, 1.807) is 31.4 Å². The first-order valence-corrected chi connectivity index (χ1v) is 11.2. The van der Waals surface area contributed by atoms with E-state index in [0.29, 0.717) is 54.7 Å². The molecule has 32 heavy (non-hydrogen) atoms. The highest BCUT2D eigenvalue weighted by Crippen LogP contribution is 2.21. The molecule has 2 aromatic rings. The molecule has 0 aliphatic carbocycles. The average molecular weight is 458 g/mol. The number of para-hydroxylation sites is 1. The van der Waals surface area contributed by atoms with Crippen LogP contribution in [-0.4, -0.2) is 92.1 Å². The molecule has 170 valence electrons. The van der Waals surface area contributed by atoms with Crippen LogP contribution >= 0.6 is 11.6 Å². The Morgan fingerprint density at radius 2 is 1.59 bits per heavy atom. The molecule has 4 rings (SSSR count). The van der Waals surface area contributed by atoms with Gasteiger partial charge in [-0.2, -0.15) is 0 Å². The van der Waals surface area contributed by atoms with E-state index in [0.717, 1.165) is 19.6 Å². The Hall–Kier alpha value is -2.61. The van der Waals surface area contributed by atoms with Crippen LogP contribution in [0.3, 0.4) is 0 Å². The van der Waals surface area contributed by atoms with Crippen molar-refractivity contribution in [1.29, 1.82) is 0 Å². The number of piperazine rings is 1. The lowest BCUT2D eigenvalue weighted by Crippen LogP contribution is -2.54. The zero-order valence-electron chi connectivity index (χ0n) is 18.2. The Kier molecular flexibility index (Phi) is 7.29. The third-order valence-corrected chi connectivity index (χ3v) is 6.32. The summed E-state index contributed by atoms with van der Waals surface area (Å²) in [6, 6.07) is 14.4. The van der Waals surface area contributed by atoms with Gasteiger partial charge in [-0.1, -0.05) is 35.9 Å². The minimum absolute atomic E-state index is 0.00692. The number of benzene rings is 2. The highest BCUT2D eigenvalue weighted by Gasteiger charge is 2.30. The molecule has 2 aromatic carbocycles. The predicted molar refractivity (Wildman–Crippen MR) is 122 cm³/mol. The second kappa shape index (κ2) is 10.3. The second-order valence-corrected chi connectivity index (χ2v) is 8.42. The quantitative estimate of drug-likeness (QED) is 0.690. The maximum atomic E-state index is 12.9. The van der Waals surface area contributed by atoms with Crippen molar-refractivity contribution in [2.45, 2.75) is 6.10 Å². The number of hydrogen-bond donors (Lipinski definition) is 0. The fourth-order valence-electron chi connectivity index (χ4n) is 4.23. The highest BCUT2D eigenvalue weighted by atomic mass is 35.5. The lowest BCUT2D eigenvalue weighted by atomic mass is 10.1. The minimum Gasteiger partial charge on any atom is -0.496 e.